The first-order valence-corrected chi connectivity index (χ1v) is 16.3. The van der Waals surface area contributed by atoms with Gasteiger partial charge < -0.3 is 9.13 Å². The predicted octanol–water partition coefficient (Wildman–Crippen LogP) is 10.8. The Morgan fingerprint density at radius 1 is 0.360 bits per heavy atom. The van der Waals surface area contributed by atoms with Crippen molar-refractivity contribution in [2.24, 2.45) is 0 Å². The first-order valence-electron chi connectivity index (χ1n) is 16.3. The van der Waals surface area contributed by atoms with Crippen molar-refractivity contribution in [2.75, 3.05) is 0 Å². The Hall–Kier alpha value is -7.39. The van der Waals surface area contributed by atoms with Crippen molar-refractivity contribution in [1.82, 2.24) is 9.13 Å². The number of fused-ring (bicyclic) bond motifs is 6. The van der Waals surface area contributed by atoms with Crippen LogP contribution in [0, 0.1) is 34.0 Å². The highest BCUT2D eigenvalue weighted by molar-refractivity contribution is 6.11. The lowest BCUT2D eigenvalue weighted by Gasteiger charge is -2.16. The zero-order valence-electron chi connectivity index (χ0n) is 26.7. The third kappa shape index (κ3) is 4.24. The fourth-order valence-electron chi connectivity index (χ4n) is 7.47. The van der Waals surface area contributed by atoms with Crippen molar-refractivity contribution in [3.05, 3.63) is 168 Å². The molecule has 2 aromatic heterocycles. The maximum atomic E-state index is 10.5. The first-order chi connectivity index (χ1) is 24.7. The Morgan fingerprint density at radius 2 is 0.860 bits per heavy atom. The maximum absolute atomic E-state index is 10.5. The highest BCUT2D eigenvalue weighted by Gasteiger charge is 2.20. The molecular weight excluding hydrogens is 611 g/mol. The van der Waals surface area contributed by atoms with Gasteiger partial charge in [0, 0.05) is 32.7 Å². The van der Waals surface area contributed by atoms with Crippen molar-refractivity contribution in [3.8, 4) is 51.8 Å². The molecule has 5 heteroatoms. The lowest BCUT2D eigenvalue weighted by Crippen LogP contribution is -2.01. The molecule has 230 valence electrons. The van der Waals surface area contributed by atoms with Gasteiger partial charge >= 0.3 is 0 Å². The summed E-state index contributed by atoms with van der Waals surface area (Å²) in [6.45, 7) is 0. The molecule has 0 bridgehead atoms. The number of nitriles is 3. The van der Waals surface area contributed by atoms with Gasteiger partial charge in [0.05, 0.1) is 56.2 Å². The number of aromatic nitrogens is 2. The van der Waals surface area contributed by atoms with E-state index in [-0.39, 0.29) is 0 Å². The number of benzene rings is 7. The van der Waals surface area contributed by atoms with Crippen molar-refractivity contribution in [3.63, 3.8) is 0 Å². The van der Waals surface area contributed by atoms with Crippen LogP contribution in [0.1, 0.15) is 16.7 Å². The summed E-state index contributed by atoms with van der Waals surface area (Å²) < 4.78 is 4.35. The van der Waals surface area contributed by atoms with Gasteiger partial charge in [0.15, 0.2) is 0 Å². The van der Waals surface area contributed by atoms with Crippen LogP contribution in [0.4, 0.5) is 0 Å². The molecule has 5 nitrogen and oxygen atoms in total. The molecule has 2 heterocycles. The largest absolute Gasteiger partial charge is 0.309 e. The summed E-state index contributed by atoms with van der Waals surface area (Å²) in [5.74, 6) is 0. The average molecular weight is 636 g/mol. The summed E-state index contributed by atoms with van der Waals surface area (Å²) in [4.78, 5) is 0. The lowest BCUT2D eigenvalue weighted by molar-refractivity contribution is 1.16. The molecule has 0 aliphatic rings. The molecule has 0 spiro atoms. The van der Waals surface area contributed by atoms with Gasteiger partial charge in [0.2, 0.25) is 0 Å². The Labute approximate surface area is 287 Å². The van der Waals surface area contributed by atoms with Crippen LogP contribution in [0.25, 0.3) is 77.2 Å². The molecule has 50 heavy (non-hydrogen) atoms. The molecule has 0 aliphatic heterocycles. The number of hydrogen-bond donors (Lipinski definition) is 0. The Balaban J connectivity index is 1.17. The molecule has 0 radical (unpaired) electrons. The standard InChI is InChI=1S/C45H25N5/c46-26-29-17-23-44-37(25-29)36-12-4-8-16-43(36)49(44)40-13-5-1-9-33(40)31-20-18-30(19-21-31)32-22-24-45(39(28-48)38(32)27-47)50-41-14-6-2-10-34(41)35-11-3-7-15-42(35)50/h1-25H. The predicted molar refractivity (Wildman–Crippen MR) is 200 cm³/mol. The second kappa shape index (κ2) is 11.4. The monoisotopic (exact) mass is 635 g/mol. The molecule has 0 unspecified atom stereocenters. The summed E-state index contributed by atoms with van der Waals surface area (Å²) in [5, 5.41) is 34.9. The summed E-state index contributed by atoms with van der Waals surface area (Å²) in [7, 11) is 0. The molecular formula is C45H25N5. The van der Waals surface area contributed by atoms with E-state index in [1.165, 1.54) is 0 Å². The lowest BCUT2D eigenvalue weighted by atomic mass is 9.93. The number of hydrogen-bond acceptors (Lipinski definition) is 3. The van der Waals surface area contributed by atoms with Crippen molar-refractivity contribution < 1.29 is 0 Å². The summed E-state index contributed by atoms with van der Waals surface area (Å²) in [6, 6.07) is 57.9. The first kappa shape index (κ1) is 28.8. The van der Waals surface area contributed by atoms with E-state index in [1.807, 2.05) is 91.0 Å². The fraction of sp³-hybridized carbons (Fsp3) is 0. The number of nitrogens with zero attached hydrogens (tertiary/aromatic N) is 5. The van der Waals surface area contributed by atoms with Gasteiger partial charge in [-0.05, 0) is 59.7 Å². The second-order valence-corrected chi connectivity index (χ2v) is 12.3. The molecule has 0 aliphatic carbocycles. The minimum Gasteiger partial charge on any atom is -0.309 e. The SMILES string of the molecule is N#Cc1ccc2c(c1)c1ccccc1n2-c1ccccc1-c1ccc(-c2ccc(-n3c4ccccc4c4ccccc43)c(C#N)c2C#N)cc1. The van der Waals surface area contributed by atoms with Crippen molar-refractivity contribution >= 4 is 43.6 Å². The van der Waals surface area contributed by atoms with Gasteiger partial charge in [-0.15, -0.1) is 0 Å². The summed E-state index contributed by atoms with van der Waals surface area (Å²) >= 11 is 0. The van der Waals surface area contributed by atoms with Crippen molar-refractivity contribution in [2.45, 2.75) is 0 Å². The number of rotatable bonds is 4. The summed E-state index contributed by atoms with van der Waals surface area (Å²) in [6.07, 6.45) is 0. The quantitative estimate of drug-likeness (QED) is 0.193. The third-order valence-electron chi connectivity index (χ3n) is 9.68. The average Bonchev–Trinajstić information content (AvgIpc) is 3.70. The molecule has 0 atom stereocenters. The van der Waals surface area contributed by atoms with E-state index in [1.54, 1.807) is 0 Å². The zero-order valence-corrected chi connectivity index (χ0v) is 26.7. The van der Waals surface area contributed by atoms with E-state index in [2.05, 4.69) is 88.0 Å². The van der Waals surface area contributed by atoms with E-state index in [4.69, 9.17) is 0 Å². The van der Waals surface area contributed by atoms with Crippen LogP contribution in [0.2, 0.25) is 0 Å². The minimum absolute atomic E-state index is 0.344. The van der Waals surface area contributed by atoms with E-state index in [0.29, 0.717) is 27.9 Å². The molecule has 0 saturated carbocycles. The molecule has 9 aromatic rings. The van der Waals surface area contributed by atoms with Crippen LogP contribution in [-0.2, 0) is 0 Å². The molecule has 0 amide bonds. The summed E-state index contributed by atoms with van der Waals surface area (Å²) in [5.41, 5.74) is 10.7. The Kier molecular flexibility index (Phi) is 6.56. The van der Waals surface area contributed by atoms with E-state index >= 15 is 0 Å². The van der Waals surface area contributed by atoms with Gasteiger partial charge in [-0.25, -0.2) is 0 Å². The number of para-hydroxylation sites is 4. The van der Waals surface area contributed by atoms with Gasteiger partial charge in [0.25, 0.3) is 0 Å². The molecule has 7 aromatic carbocycles. The smallest absolute Gasteiger partial charge is 0.103 e. The molecule has 0 saturated heterocycles. The van der Waals surface area contributed by atoms with E-state index < -0.39 is 0 Å². The van der Waals surface area contributed by atoms with Gasteiger partial charge in [-0.1, -0.05) is 103 Å². The Bertz CT molecular complexity index is 2900. The van der Waals surface area contributed by atoms with Gasteiger partial charge in [-0.2, -0.15) is 15.8 Å². The van der Waals surface area contributed by atoms with Crippen molar-refractivity contribution in [1.29, 1.82) is 15.8 Å². The Morgan fingerprint density at radius 3 is 1.46 bits per heavy atom. The van der Waals surface area contributed by atoms with Crippen LogP contribution in [0.15, 0.2) is 152 Å². The topological polar surface area (TPSA) is 81.2 Å². The van der Waals surface area contributed by atoms with Crippen LogP contribution >= 0.6 is 0 Å². The zero-order chi connectivity index (χ0) is 33.8. The van der Waals surface area contributed by atoms with Crippen LogP contribution in [0.5, 0.6) is 0 Å². The normalized spacial score (nSPS) is 11.1. The third-order valence-corrected chi connectivity index (χ3v) is 9.68. The maximum Gasteiger partial charge on any atom is 0.103 e. The highest BCUT2D eigenvalue weighted by Crippen LogP contribution is 2.39. The fourth-order valence-corrected chi connectivity index (χ4v) is 7.47. The van der Waals surface area contributed by atoms with Crippen LogP contribution in [0.3, 0.4) is 0 Å². The molecule has 9 rings (SSSR count). The molecule has 0 fully saturated rings. The van der Waals surface area contributed by atoms with E-state index in [0.717, 1.165) is 66.0 Å². The minimum atomic E-state index is 0.344. The highest BCUT2D eigenvalue weighted by atomic mass is 15.0. The second-order valence-electron chi connectivity index (χ2n) is 12.3. The molecule has 0 N–H and O–H groups in total. The van der Waals surface area contributed by atoms with Gasteiger partial charge in [-0.3, -0.25) is 0 Å². The van der Waals surface area contributed by atoms with Crippen LogP contribution < -0.4 is 0 Å². The van der Waals surface area contributed by atoms with E-state index in [9.17, 15) is 15.8 Å². The van der Waals surface area contributed by atoms with Gasteiger partial charge in [0.1, 0.15) is 12.1 Å². The van der Waals surface area contributed by atoms with Crippen LogP contribution in [-0.4, -0.2) is 9.13 Å².